The zero-order chi connectivity index (χ0) is 14.9. The van der Waals surface area contributed by atoms with Crippen molar-refractivity contribution in [3.63, 3.8) is 0 Å². The van der Waals surface area contributed by atoms with Crippen LogP contribution in [0.2, 0.25) is 0 Å². The van der Waals surface area contributed by atoms with Gasteiger partial charge in [0, 0.05) is 17.8 Å². The van der Waals surface area contributed by atoms with Crippen molar-refractivity contribution in [2.24, 2.45) is 11.1 Å². The fourth-order valence-corrected chi connectivity index (χ4v) is 2.07. The molecule has 1 aliphatic heterocycles. The smallest absolute Gasteiger partial charge is 0.241 e. The molecular formula is C15H21N3O2. The number of carbonyl (C=O) groups is 2. The maximum absolute atomic E-state index is 12.1. The van der Waals surface area contributed by atoms with E-state index >= 15 is 0 Å². The number of nitrogens with two attached hydrogens (primary N) is 1. The summed E-state index contributed by atoms with van der Waals surface area (Å²) in [6.45, 7) is 5.79. The molecule has 20 heavy (non-hydrogen) atoms. The topological polar surface area (TPSA) is 84.2 Å². The van der Waals surface area contributed by atoms with Gasteiger partial charge in [0.05, 0.1) is 6.04 Å². The molecule has 4 N–H and O–H groups in total. The molecular weight excluding hydrogens is 254 g/mol. The lowest BCUT2D eigenvalue weighted by Crippen LogP contribution is -2.45. The Morgan fingerprint density at radius 2 is 2.05 bits per heavy atom. The number of anilines is 2. The Morgan fingerprint density at radius 3 is 2.70 bits per heavy atom. The van der Waals surface area contributed by atoms with Gasteiger partial charge in [-0.05, 0) is 35.6 Å². The van der Waals surface area contributed by atoms with E-state index in [1.807, 2.05) is 32.9 Å². The van der Waals surface area contributed by atoms with Crippen LogP contribution in [0.5, 0.6) is 0 Å². The number of rotatable bonds is 2. The van der Waals surface area contributed by atoms with Crippen molar-refractivity contribution in [1.29, 1.82) is 0 Å². The molecule has 1 heterocycles. The van der Waals surface area contributed by atoms with Crippen LogP contribution >= 0.6 is 0 Å². The third-order valence-corrected chi connectivity index (χ3v) is 3.48. The molecule has 1 aromatic rings. The summed E-state index contributed by atoms with van der Waals surface area (Å²) >= 11 is 0. The maximum Gasteiger partial charge on any atom is 0.241 e. The standard InChI is InChI=1S/C15H21N3O2/c1-15(2,3)13(16)14(20)17-10-5-6-11-9(8-10)4-7-12(19)18-11/h5-6,8,13H,4,7,16H2,1-3H3,(H,17,20)(H,18,19)/t13-/m0/s1. The van der Waals surface area contributed by atoms with Gasteiger partial charge in [-0.15, -0.1) is 0 Å². The quantitative estimate of drug-likeness (QED) is 0.770. The first-order valence-electron chi connectivity index (χ1n) is 6.76. The van der Waals surface area contributed by atoms with Crippen LogP contribution in [-0.4, -0.2) is 17.9 Å². The van der Waals surface area contributed by atoms with Crippen LogP contribution in [-0.2, 0) is 16.0 Å². The van der Waals surface area contributed by atoms with Gasteiger partial charge in [-0.3, -0.25) is 9.59 Å². The summed E-state index contributed by atoms with van der Waals surface area (Å²) in [5.41, 5.74) is 8.21. The monoisotopic (exact) mass is 275 g/mol. The van der Waals surface area contributed by atoms with Gasteiger partial charge in [0.15, 0.2) is 0 Å². The van der Waals surface area contributed by atoms with Crippen molar-refractivity contribution in [2.75, 3.05) is 10.6 Å². The Hall–Kier alpha value is -1.88. The first kappa shape index (κ1) is 14.5. The first-order chi connectivity index (χ1) is 9.27. The van der Waals surface area contributed by atoms with Crippen molar-refractivity contribution in [2.45, 2.75) is 39.7 Å². The molecule has 0 unspecified atom stereocenters. The molecule has 0 radical (unpaired) electrons. The number of hydrogen-bond acceptors (Lipinski definition) is 3. The summed E-state index contributed by atoms with van der Waals surface area (Å²) < 4.78 is 0. The van der Waals surface area contributed by atoms with Gasteiger partial charge in [0.25, 0.3) is 0 Å². The van der Waals surface area contributed by atoms with Crippen LogP contribution in [0.3, 0.4) is 0 Å². The van der Waals surface area contributed by atoms with Crippen LogP contribution in [0, 0.1) is 5.41 Å². The molecule has 0 bridgehead atoms. The largest absolute Gasteiger partial charge is 0.326 e. The second kappa shape index (κ2) is 5.25. The molecule has 5 nitrogen and oxygen atoms in total. The lowest BCUT2D eigenvalue weighted by atomic mass is 9.87. The predicted octanol–water partition coefficient (Wildman–Crippen LogP) is 1.88. The van der Waals surface area contributed by atoms with Crippen LogP contribution in [0.4, 0.5) is 11.4 Å². The van der Waals surface area contributed by atoms with E-state index in [4.69, 9.17) is 5.73 Å². The molecule has 1 aromatic carbocycles. The minimum atomic E-state index is -0.571. The van der Waals surface area contributed by atoms with Crippen LogP contribution in [0.15, 0.2) is 18.2 Å². The van der Waals surface area contributed by atoms with Crippen molar-refractivity contribution in [3.8, 4) is 0 Å². The zero-order valence-corrected chi connectivity index (χ0v) is 12.1. The summed E-state index contributed by atoms with van der Waals surface area (Å²) in [4.78, 5) is 23.4. The van der Waals surface area contributed by atoms with Crippen molar-refractivity contribution in [3.05, 3.63) is 23.8 Å². The molecule has 0 saturated heterocycles. The molecule has 2 rings (SSSR count). The van der Waals surface area contributed by atoms with Gasteiger partial charge < -0.3 is 16.4 Å². The Morgan fingerprint density at radius 1 is 1.35 bits per heavy atom. The SMILES string of the molecule is CC(C)(C)[C@@H](N)C(=O)Nc1ccc2c(c1)CCC(=O)N2. The highest BCUT2D eigenvalue weighted by Crippen LogP contribution is 2.26. The van der Waals surface area contributed by atoms with E-state index in [1.54, 1.807) is 6.07 Å². The second-order valence-corrected chi connectivity index (χ2v) is 6.25. The highest BCUT2D eigenvalue weighted by Gasteiger charge is 2.27. The Balaban J connectivity index is 2.11. The Bertz CT molecular complexity index is 547. The fourth-order valence-electron chi connectivity index (χ4n) is 2.07. The van der Waals surface area contributed by atoms with Gasteiger partial charge in [-0.1, -0.05) is 20.8 Å². The fraction of sp³-hybridized carbons (Fsp3) is 0.467. The van der Waals surface area contributed by atoms with E-state index in [1.165, 1.54) is 0 Å². The van der Waals surface area contributed by atoms with Gasteiger partial charge in [-0.2, -0.15) is 0 Å². The third-order valence-electron chi connectivity index (χ3n) is 3.48. The Kier molecular flexibility index (Phi) is 3.81. The van der Waals surface area contributed by atoms with Gasteiger partial charge >= 0.3 is 0 Å². The van der Waals surface area contributed by atoms with E-state index < -0.39 is 6.04 Å². The third kappa shape index (κ3) is 3.17. The van der Waals surface area contributed by atoms with Gasteiger partial charge in [0.1, 0.15) is 0 Å². The normalized spacial score (nSPS) is 16.1. The summed E-state index contributed by atoms with van der Waals surface area (Å²) in [5.74, 6) is -0.165. The van der Waals surface area contributed by atoms with E-state index in [2.05, 4.69) is 10.6 Å². The lowest BCUT2D eigenvalue weighted by molar-refractivity contribution is -0.119. The highest BCUT2D eigenvalue weighted by atomic mass is 16.2. The van der Waals surface area contributed by atoms with Crippen molar-refractivity contribution >= 4 is 23.2 Å². The molecule has 0 spiro atoms. The number of carbonyl (C=O) groups excluding carboxylic acids is 2. The highest BCUT2D eigenvalue weighted by molar-refractivity contribution is 5.97. The summed E-state index contributed by atoms with van der Waals surface area (Å²) in [5, 5.41) is 5.64. The van der Waals surface area contributed by atoms with Crippen LogP contribution < -0.4 is 16.4 Å². The summed E-state index contributed by atoms with van der Waals surface area (Å²) in [6.07, 6.45) is 1.17. The van der Waals surface area contributed by atoms with E-state index in [-0.39, 0.29) is 17.2 Å². The van der Waals surface area contributed by atoms with Crippen LogP contribution in [0.25, 0.3) is 0 Å². The molecule has 0 fully saturated rings. The number of amides is 2. The van der Waals surface area contributed by atoms with Crippen molar-refractivity contribution < 1.29 is 9.59 Å². The Labute approximate surface area is 118 Å². The van der Waals surface area contributed by atoms with E-state index in [0.717, 1.165) is 11.3 Å². The average Bonchev–Trinajstić information content (AvgIpc) is 2.37. The van der Waals surface area contributed by atoms with E-state index in [0.29, 0.717) is 18.5 Å². The minimum Gasteiger partial charge on any atom is -0.326 e. The number of benzene rings is 1. The number of aryl methyl sites for hydroxylation is 1. The maximum atomic E-state index is 12.1. The average molecular weight is 275 g/mol. The molecule has 0 saturated carbocycles. The molecule has 1 atom stereocenters. The molecule has 0 aliphatic carbocycles. The second-order valence-electron chi connectivity index (χ2n) is 6.25. The van der Waals surface area contributed by atoms with Gasteiger partial charge in [-0.25, -0.2) is 0 Å². The lowest BCUT2D eigenvalue weighted by Gasteiger charge is -2.26. The predicted molar refractivity (Wildman–Crippen MR) is 79.5 cm³/mol. The molecule has 5 heteroatoms. The number of hydrogen-bond donors (Lipinski definition) is 3. The van der Waals surface area contributed by atoms with Crippen LogP contribution in [0.1, 0.15) is 32.8 Å². The molecule has 0 aromatic heterocycles. The van der Waals surface area contributed by atoms with E-state index in [9.17, 15) is 9.59 Å². The minimum absolute atomic E-state index is 0.0315. The summed E-state index contributed by atoms with van der Waals surface area (Å²) in [7, 11) is 0. The molecule has 2 amide bonds. The van der Waals surface area contributed by atoms with Gasteiger partial charge in [0.2, 0.25) is 11.8 Å². The number of nitrogens with one attached hydrogen (secondary N) is 2. The zero-order valence-electron chi connectivity index (χ0n) is 12.1. The number of fused-ring (bicyclic) bond motifs is 1. The van der Waals surface area contributed by atoms with Crippen molar-refractivity contribution in [1.82, 2.24) is 0 Å². The first-order valence-corrected chi connectivity index (χ1v) is 6.76. The summed E-state index contributed by atoms with van der Waals surface area (Å²) in [6, 6.07) is 4.91. The molecule has 108 valence electrons. The molecule has 1 aliphatic rings.